The third kappa shape index (κ3) is 2.44. The Hall–Kier alpha value is -1.65. The van der Waals surface area contributed by atoms with Gasteiger partial charge in [-0.2, -0.15) is 0 Å². The Morgan fingerprint density at radius 1 is 1.22 bits per heavy atom. The van der Waals surface area contributed by atoms with Crippen molar-refractivity contribution in [2.24, 2.45) is 0 Å². The second-order valence-electron chi connectivity index (χ2n) is 4.33. The predicted molar refractivity (Wildman–Crippen MR) is 71.3 cm³/mol. The first-order valence-electron chi connectivity index (χ1n) is 5.56. The predicted octanol–water partition coefficient (Wildman–Crippen LogP) is 3.14. The Morgan fingerprint density at radius 2 is 1.83 bits per heavy atom. The van der Waals surface area contributed by atoms with Gasteiger partial charge in [0, 0.05) is 0 Å². The number of aromatic carboxylic acids is 1. The summed E-state index contributed by atoms with van der Waals surface area (Å²) in [6, 6.07) is 7.29. The molecule has 3 nitrogen and oxygen atoms in total. The van der Waals surface area contributed by atoms with E-state index < -0.39 is 12.1 Å². The van der Waals surface area contributed by atoms with E-state index in [1.165, 1.54) is 17.4 Å². The minimum atomic E-state index is -1.00. The van der Waals surface area contributed by atoms with Crippen LogP contribution in [0.4, 0.5) is 0 Å². The topological polar surface area (TPSA) is 57.5 Å². The van der Waals surface area contributed by atoms with Crippen molar-refractivity contribution in [1.82, 2.24) is 0 Å². The standard InChI is InChI=1S/C14H14O3S/c1-8-5-9(2)7-10(6-8)12(15)13-11(14(16)17)3-4-18-13/h3-7,12,15H,1-2H3,(H,16,17). The Labute approximate surface area is 109 Å². The largest absolute Gasteiger partial charge is 0.478 e. The molecule has 0 saturated carbocycles. The van der Waals surface area contributed by atoms with Crippen LogP contribution in [0.25, 0.3) is 0 Å². The van der Waals surface area contributed by atoms with Crippen molar-refractivity contribution >= 4 is 17.3 Å². The Kier molecular flexibility index (Phi) is 3.50. The number of hydrogen-bond donors (Lipinski definition) is 2. The van der Waals surface area contributed by atoms with E-state index >= 15 is 0 Å². The normalized spacial score (nSPS) is 12.4. The molecule has 4 heteroatoms. The molecule has 0 amide bonds. The van der Waals surface area contributed by atoms with Crippen molar-refractivity contribution < 1.29 is 15.0 Å². The van der Waals surface area contributed by atoms with Gasteiger partial charge in [0.25, 0.3) is 0 Å². The Morgan fingerprint density at radius 3 is 2.39 bits per heavy atom. The summed E-state index contributed by atoms with van der Waals surface area (Å²) >= 11 is 1.26. The second-order valence-corrected chi connectivity index (χ2v) is 5.27. The maximum absolute atomic E-state index is 11.0. The number of benzene rings is 1. The first-order valence-corrected chi connectivity index (χ1v) is 6.44. The maximum Gasteiger partial charge on any atom is 0.336 e. The van der Waals surface area contributed by atoms with E-state index in [9.17, 15) is 9.90 Å². The lowest BCUT2D eigenvalue weighted by molar-refractivity contribution is 0.0692. The molecular weight excluding hydrogens is 248 g/mol. The van der Waals surface area contributed by atoms with Gasteiger partial charge in [-0.1, -0.05) is 29.3 Å². The summed E-state index contributed by atoms with van der Waals surface area (Å²) in [6.45, 7) is 3.91. The average molecular weight is 262 g/mol. The number of hydrogen-bond acceptors (Lipinski definition) is 3. The molecule has 18 heavy (non-hydrogen) atoms. The third-order valence-corrected chi connectivity index (χ3v) is 3.70. The molecule has 1 unspecified atom stereocenters. The van der Waals surface area contributed by atoms with Crippen LogP contribution in [-0.4, -0.2) is 16.2 Å². The molecule has 0 bridgehead atoms. The zero-order valence-electron chi connectivity index (χ0n) is 10.2. The summed E-state index contributed by atoms with van der Waals surface area (Å²) in [4.78, 5) is 11.5. The van der Waals surface area contributed by atoms with Crippen LogP contribution in [0.5, 0.6) is 0 Å². The molecule has 2 aromatic rings. The molecule has 1 heterocycles. The number of aliphatic hydroxyl groups is 1. The van der Waals surface area contributed by atoms with Crippen LogP contribution < -0.4 is 0 Å². The van der Waals surface area contributed by atoms with E-state index in [0.717, 1.165) is 16.7 Å². The lowest BCUT2D eigenvalue weighted by Crippen LogP contribution is -2.05. The van der Waals surface area contributed by atoms with E-state index in [4.69, 9.17) is 5.11 Å². The molecule has 0 aliphatic carbocycles. The molecule has 0 spiro atoms. The Bertz CT molecular complexity index is 566. The summed E-state index contributed by atoms with van der Waals surface area (Å²) < 4.78 is 0. The molecule has 1 atom stereocenters. The van der Waals surface area contributed by atoms with Crippen LogP contribution in [0.15, 0.2) is 29.6 Å². The highest BCUT2D eigenvalue weighted by Gasteiger charge is 2.20. The highest BCUT2D eigenvalue weighted by atomic mass is 32.1. The number of thiophene rings is 1. The number of rotatable bonds is 3. The molecule has 0 saturated heterocycles. The van der Waals surface area contributed by atoms with Crippen molar-refractivity contribution in [1.29, 1.82) is 0 Å². The molecular formula is C14H14O3S. The zero-order valence-corrected chi connectivity index (χ0v) is 11.0. The molecule has 0 fully saturated rings. The molecule has 2 N–H and O–H groups in total. The lowest BCUT2D eigenvalue weighted by Gasteiger charge is -2.12. The van der Waals surface area contributed by atoms with E-state index in [-0.39, 0.29) is 5.56 Å². The fourth-order valence-electron chi connectivity index (χ4n) is 2.03. The van der Waals surface area contributed by atoms with Gasteiger partial charge < -0.3 is 10.2 Å². The van der Waals surface area contributed by atoms with Crippen LogP contribution >= 0.6 is 11.3 Å². The van der Waals surface area contributed by atoms with Crippen molar-refractivity contribution in [2.45, 2.75) is 20.0 Å². The summed E-state index contributed by atoms with van der Waals surface area (Å²) in [5, 5.41) is 21.0. The van der Waals surface area contributed by atoms with Gasteiger partial charge in [-0.3, -0.25) is 0 Å². The van der Waals surface area contributed by atoms with Crippen LogP contribution in [0.2, 0.25) is 0 Å². The number of carboxylic acid groups (broad SMARTS) is 1. The van der Waals surface area contributed by atoms with Crippen molar-refractivity contribution in [3.63, 3.8) is 0 Å². The summed E-state index contributed by atoms with van der Waals surface area (Å²) in [7, 11) is 0. The highest BCUT2D eigenvalue weighted by molar-refractivity contribution is 7.10. The summed E-state index contributed by atoms with van der Waals surface area (Å²) in [5.41, 5.74) is 3.01. The number of carbonyl (C=O) groups is 1. The molecule has 1 aromatic heterocycles. The van der Waals surface area contributed by atoms with Crippen LogP contribution in [0.3, 0.4) is 0 Å². The number of aliphatic hydroxyl groups excluding tert-OH is 1. The third-order valence-electron chi connectivity index (χ3n) is 2.73. The van der Waals surface area contributed by atoms with Crippen LogP contribution in [-0.2, 0) is 0 Å². The van der Waals surface area contributed by atoms with Gasteiger partial charge in [-0.15, -0.1) is 11.3 Å². The molecule has 0 aliphatic heterocycles. The summed E-state index contributed by atoms with van der Waals surface area (Å²) in [6.07, 6.45) is -0.880. The maximum atomic E-state index is 11.0. The molecule has 0 aliphatic rings. The minimum absolute atomic E-state index is 0.173. The van der Waals surface area contributed by atoms with Gasteiger partial charge in [0.05, 0.1) is 10.4 Å². The van der Waals surface area contributed by atoms with Gasteiger partial charge in [0.15, 0.2) is 0 Å². The van der Waals surface area contributed by atoms with Gasteiger partial charge in [-0.25, -0.2) is 4.79 Å². The van der Waals surface area contributed by atoms with E-state index in [1.807, 2.05) is 32.0 Å². The van der Waals surface area contributed by atoms with Gasteiger partial charge in [0.2, 0.25) is 0 Å². The smallest absolute Gasteiger partial charge is 0.336 e. The second kappa shape index (κ2) is 4.92. The number of aryl methyl sites for hydroxylation is 2. The highest BCUT2D eigenvalue weighted by Crippen LogP contribution is 2.30. The lowest BCUT2D eigenvalue weighted by atomic mass is 10.0. The van der Waals surface area contributed by atoms with Crippen molar-refractivity contribution in [2.75, 3.05) is 0 Å². The van der Waals surface area contributed by atoms with Crippen molar-refractivity contribution in [3.8, 4) is 0 Å². The molecule has 1 aromatic carbocycles. The van der Waals surface area contributed by atoms with Crippen LogP contribution in [0, 0.1) is 13.8 Å². The van der Waals surface area contributed by atoms with E-state index in [1.54, 1.807) is 5.38 Å². The number of carboxylic acids is 1. The van der Waals surface area contributed by atoms with E-state index in [2.05, 4.69) is 0 Å². The SMILES string of the molecule is Cc1cc(C)cc(C(O)c2sccc2C(=O)O)c1. The quantitative estimate of drug-likeness (QED) is 0.893. The molecule has 94 valence electrons. The summed E-state index contributed by atoms with van der Waals surface area (Å²) in [5.74, 6) is -1.00. The van der Waals surface area contributed by atoms with Gasteiger partial charge in [0.1, 0.15) is 6.10 Å². The zero-order chi connectivity index (χ0) is 13.3. The van der Waals surface area contributed by atoms with Gasteiger partial charge in [-0.05, 0) is 30.9 Å². The molecule has 2 rings (SSSR count). The fourth-order valence-corrected chi connectivity index (χ4v) is 2.93. The van der Waals surface area contributed by atoms with Crippen molar-refractivity contribution in [3.05, 3.63) is 56.8 Å². The first-order chi connectivity index (χ1) is 8.49. The first kappa shape index (κ1) is 12.8. The average Bonchev–Trinajstić information content (AvgIpc) is 2.75. The van der Waals surface area contributed by atoms with Crippen LogP contribution in [0.1, 0.15) is 38.0 Å². The van der Waals surface area contributed by atoms with Gasteiger partial charge >= 0.3 is 5.97 Å². The molecule has 0 radical (unpaired) electrons. The Balaban J connectivity index is 2.44. The monoisotopic (exact) mass is 262 g/mol. The minimum Gasteiger partial charge on any atom is -0.478 e. The fraction of sp³-hybridized carbons (Fsp3) is 0.214. The van der Waals surface area contributed by atoms with E-state index in [0.29, 0.717) is 4.88 Å².